The lowest BCUT2D eigenvalue weighted by atomic mass is 10.0. The molecule has 30 heavy (non-hydrogen) atoms. The molecule has 0 spiro atoms. The van der Waals surface area contributed by atoms with Gasteiger partial charge in [0.1, 0.15) is 23.1 Å². The third kappa shape index (κ3) is 8.82. The summed E-state index contributed by atoms with van der Waals surface area (Å²) in [5.41, 5.74) is 0.713. The molecule has 1 amide bonds. The van der Waals surface area contributed by atoms with Crippen LogP contribution in [0.15, 0.2) is 30.5 Å². The normalized spacial score (nSPS) is 12.5. The number of hydrogen-bond acceptors (Lipinski definition) is 5. The van der Waals surface area contributed by atoms with Crippen molar-refractivity contribution in [1.29, 1.82) is 0 Å². The van der Waals surface area contributed by atoms with Crippen LogP contribution in [-0.2, 0) is 24.1 Å². The van der Waals surface area contributed by atoms with E-state index in [4.69, 9.17) is 4.74 Å². The first-order valence-corrected chi connectivity index (χ1v) is 10.1. The maximum atomic E-state index is 13.5. The van der Waals surface area contributed by atoms with Crippen molar-refractivity contribution in [3.8, 4) is 0 Å². The van der Waals surface area contributed by atoms with E-state index >= 15 is 0 Å². The highest BCUT2D eigenvalue weighted by atomic mass is 19.1. The van der Waals surface area contributed by atoms with Gasteiger partial charge in [-0.1, -0.05) is 6.92 Å². The lowest BCUT2D eigenvalue weighted by Gasteiger charge is -2.24. The van der Waals surface area contributed by atoms with Crippen LogP contribution in [0.4, 0.5) is 13.6 Å². The number of nitrogens with one attached hydrogen (secondary N) is 2. The molecule has 0 unspecified atom stereocenters. The molecule has 2 rings (SSSR count). The maximum absolute atomic E-state index is 13.5. The van der Waals surface area contributed by atoms with Gasteiger partial charge < -0.3 is 15.4 Å². The van der Waals surface area contributed by atoms with E-state index in [1.165, 1.54) is 12.1 Å². The number of rotatable bonds is 9. The fourth-order valence-corrected chi connectivity index (χ4v) is 2.92. The first-order chi connectivity index (χ1) is 14.1. The molecule has 8 heteroatoms. The molecule has 1 heterocycles. The highest BCUT2D eigenvalue weighted by molar-refractivity contribution is 5.68. The Morgan fingerprint density at radius 3 is 2.53 bits per heavy atom. The molecule has 0 aliphatic carbocycles. The summed E-state index contributed by atoms with van der Waals surface area (Å²) < 4.78 is 32.4. The first-order valence-electron chi connectivity index (χ1n) is 10.1. The minimum atomic E-state index is -0.644. The van der Waals surface area contributed by atoms with Crippen molar-refractivity contribution in [2.75, 3.05) is 6.54 Å². The molecule has 0 bridgehead atoms. The fourth-order valence-electron chi connectivity index (χ4n) is 2.92. The number of aryl methyl sites for hydroxylation is 1. The van der Waals surface area contributed by atoms with Gasteiger partial charge in [-0.25, -0.2) is 23.5 Å². The van der Waals surface area contributed by atoms with Crippen LogP contribution < -0.4 is 10.6 Å². The number of hydrogen-bond donors (Lipinski definition) is 2. The van der Waals surface area contributed by atoms with E-state index in [-0.39, 0.29) is 12.5 Å². The quantitative estimate of drug-likeness (QED) is 0.601. The van der Waals surface area contributed by atoms with Crippen LogP contribution in [0.1, 0.15) is 51.2 Å². The highest BCUT2D eigenvalue weighted by Crippen LogP contribution is 2.13. The molecule has 0 radical (unpaired) electrons. The zero-order valence-corrected chi connectivity index (χ0v) is 18.0. The Balaban J connectivity index is 1.96. The number of nitrogens with zero attached hydrogens (tertiary/aromatic N) is 2. The fraction of sp³-hybridized carbons (Fsp3) is 0.500. The average Bonchev–Trinajstić information content (AvgIpc) is 2.63. The number of carbonyl (C=O) groups is 1. The Labute approximate surface area is 176 Å². The smallest absolute Gasteiger partial charge is 0.407 e. The highest BCUT2D eigenvalue weighted by Gasteiger charge is 2.20. The molecule has 0 fully saturated rings. The topological polar surface area (TPSA) is 76.1 Å². The Hall–Kier alpha value is -2.61. The number of ether oxygens (including phenoxy) is 1. The molecule has 2 aromatic rings. The maximum Gasteiger partial charge on any atom is 0.407 e. The third-order valence-electron chi connectivity index (χ3n) is 4.18. The molecule has 0 aliphatic rings. The lowest BCUT2D eigenvalue weighted by molar-refractivity contribution is 0.0502. The van der Waals surface area contributed by atoms with Gasteiger partial charge in [-0.15, -0.1) is 0 Å². The minimum absolute atomic E-state index is 0.281. The van der Waals surface area contributed by atoms with Crippen LogP contribution in [0.3, 0.4) is 0 Å². The number of benzene rings is 1. The van der Waals surface area contributed by atoms with Gasteiger partial charge in [0.25, 0.3) is 0 Å². The predicted octanol–water partition coefficient (Wildman–Crippen LogP) is 3.93. The second-order valence-electron chi connectivity index (χ2n) is 8.11. The number of amides is 1. The van der Waals surface area contributed by atoms with Crippen LogP contribution in [0.2, 0.25) is 0 Å². The molecule has 0 saturated carbocycles. The summed E-state index contributed by atoms with van der Waals surface area (Å²) in [4.78, 5) is 20.8. The molecule has 6 nitrogen and oxygen atoms in total. The van der Waals surface area contributed by atoms with E-state index < -0.39 is 23.3 Å². The monoisotopic (exact) mass is 420 g/mol. The summed E-state index contributed by atoms with van der Waals surface area (Å²) in [6.45, 7) is 8.45. The number of halogens is 2. The van der Waals surface area contributed by atoms with Crippen LogP contribution >= 0.6 is 0 Å². The second kappa shape index (κ2) is 11.0. The molecule has 0 aliphatic heterocycles. The predicted molar refractivity (Wildman–Crippen MR) is 111 cm³/mol. The van der Waals surface area contributed by atoms with Crippen molar-refractivity contribution in [3.05, 3.63) is 59.2 Å². The van der Waals surface area contributed by atoms with Crippen molar-refractivity contribution in [3.63, 3.8) is 0 Å². The molecule has 1 aromatic heterocycles. The number of aromatic nitrogens is 2. The van der Waals surface area contributed by atoms with E-state index in [1.54, 1.807) is 27.0 Å². The van der Waals surface area contributed by atoms with Crippen LogP contribution in [-0.4, -0.2) is 34.2 Å². The zero-order valence-electron chi connectivity index (χ0n) is 18.0. The largest absolute Gasteiger partial charge is 0.444 e. The van der Waals surface area contributed by atoms with Crippen LogP contribution in [0.5, 0.6) is 0 Å². The molecule has 1 atom stereocenters. The summed E-state index contributed by atoms with van der Waals surface area (Å²) in [7, 11) is 0. The molecule has 2 N–H and O–H groups in total. The Kier molecular flexibility index (Phi) is 8.65. The van der Waals surface area contributed by atoms with E-state index in [9.17, 15) is 13.6 Å². The number of alkyl carbamates (subject to hydrolysis) is 1. The van der Waals surface area contributed by atoms with E-state index in [0.717, 1.165) is 24.0 Å². The van der Waals surface area contributed by atoms with Gasteiger partial charge in [-0.05, 0) is 63.9 Å². The molecule has 1 aromatic carbocycles. The average molecular weight is 421 g/mol. The Morgan fingerprint density at radius 2 is 1.90 bits per heavy atom. The van der Waals surface area contributed by atoms with Gasteiger partial charge in [0.15, 0.2) is 0 Å². The third-order valence-corrected chi connectivity index (χ3v) is 4.18. The van der Waals surface area contributed by atoms with Crippen LogP contribution in [0, 0.1) is 11.6 Å². The summed E-state index contributed by atoms with van der Waals surface area (Å²) >= 11 is 0. The Bertz CT molecular complexity index is 820. The molecular formula is C22H30F2N4O2. The zero-order chi connectivity index (χ0) is 22.1. The van der Waals surface area contributed by atoms with Gasteiger partial charge in [0, 0.05) is 31.3 Å². The van der Waals surface area contributed by atoms with E-state index in [1.807, 2.05) is 13.0 Å². The van der Waals surface area contributed by atoms with E-state index in [0.29, 0.717) is 25.1 Å². The second-order valence-corrected chi connectivity index (χ2v) is 8.11. The van der Waals surface area contributed by atoms with Gasteiger partial charge in [0.05, 0.1) is 5.69 Å². The lowest BCUT2D eigenvalue weighted by Crippen LogP contribution is -2.41. The van der Waals surface area contributed by atoms with Crippen molar-refractivity contribution in [2.45, 2.75) is 65.1 Å². The van der Waals surface area contributed by atoms with Gasteiger partial charge in [-0.2, -0.15) is 0 Å². The van der Waals surface area contributed by atoms with Crippen molar-refractivity contribution < 1.29 is 18.3 Å². The standard InChI is InChI=1S/C22H30F2N4O2/c1-5-20-26-9-7-19(27-20)14-25-8-6-18(28-21(29)30-22(2,3)4)12-15-10-16(23)13-17(24)11-15/h7,9-11,13,18,25H,5-6,8,12,14H2,1-4H3,(H,28,29)/t18-/m1/s1. The van der Waals surface area contributed by atoms with Gasteiger partial charge >= 0.3 is 6.09 Å². The first kappa shape index (κ1) is 23.7. The van der Waals surface area contributed by atoms with Crippen LogP contribution in [0.25, 0.3) is 0 Å². The summed E-state index contributed by atoms with van der Waals surface area (Å²) in [6.07, 6.45) is 2.76. The van der Waals surface area contributed by atoms with Gasteiger partial charge in [-0.3, -0.25) is 0 Å². The van der Waals surface area contributed by atoms with Crippen molar-refractivity contribution in [2.24, 2.45) is 0 Å². The molecular weight excluding hydrogens is 390 g/mol. The summed E-state index contributed by atoms with van der Waals surface area (Å²) in [5.74, 6) is -0.504. The molecule has 0 saturated heterocycles. The number of carbonyl (C=O) groups excluding carboxylic acids is 1. The minimum Gasteiger partial charge on any atom is -0.444 e. The summed E-state index contributed by atoms with van der Waals surface area (Å²) in [6, 6.07) is 4.86. The van der Waals surface area contributed by atoms with Crippen molar-refractivity contribution in [1.82, 2.24) is 20.6 Å². The van der Waals surface area contributed by atoms with Crippen molar-refractivity contribution >= 4 is 6.09 Å². The Morgan fingerprint density at radius 1 is 1.20 bits per heavy atom. The van der Waals surface area contributed by atoms with E-state index in [2.05, 4.69) is 20.6 Å². The SMILES string of the molecule is CCc1nccc(CNCC[C@H](Cc2cc(F)cc(F)c2)NC(=O)OC(C)(C)C)n1. The molecule has 164 valence electrons. The summed E-state index contributed by atoms with van der Waals surface area (Å²) in [5, 5.41) is 6.09. The van der Waals surface area contributed by atoms with Gasteiger partial charge in [0.2, 0.25) is 0 Å².